The molecule has 0 saturated heterocycles. The molecule has 0 aromatic carbocycles. The minimum absolute atomic E-state index is 0.146. The van der Waals surface area contributed by atoms with Crippen LogP contribution in [-0.4, -0.2) is 59.0 Å². The Hall–Kier alpha value is -2.87. The lowest BCUT2D eigenvalue weighted by Crippen LogP contribution is -2.41. The summed E-state index contributed by atoms with van der Waals surface area (Å²) in [5.74, 6) is -0.884. The molecule has 0 unspecified atom stereocenters. The number of carbonyl (C=O) groups excluding carboxylic acids is 2. The first-order valence-corrected chi connectivity index (χ1v) is 20.2. The van der Waals surface area contributed by atoms with E-state index in [1.807, 2.05) is 46.8 Å². The van der Waals surface area contributed by atoms with Gasteiger partial charge in [0, 0.05) is 49.2 Å². The number of rotatable bonds is 11. The van der Waals surface area contributed by atoms with E-state index in [0.29, 0.717) is 36.5 Å². The number of aryl methyl sites for hydroxylation is 2. The van der Waals surface area contributed by atoms with Crippen molar-refractivity contribution in [3.63, 3.8) is 0 Å². The van der Waals surface area contributed by atoms with E-state index < -0.39 is 28.4 Å². The molecule has 3 aromatic heterocycles. The molecule has 1 aliphatic heterocycles. The maximum absolute atomic E-state index is 13.2. The monoisotopic (exact) mass is 595 g/mol. The van der Waals surface area contributed by atoms with Gasteiger partial charge in [0.2, 0.25) is 0 Å². The first-order valence-electron chi connectivity index (χ1n) is 14.4. The summed E-state index contributed by atoms with van der Waals surface area (Å²) in [6, 6.07) is 3.77. The first kappa shape index (κ1) is 31.1. The highest BCUT2D eigenvalue weighted by molar-refractivity contribution is 6.74. The topological polar surface area (TPSA) is 111 Å². The summed E-state index contributed by atoms with van der Waals surface area (Å²) in [7, 11) is -4.20. The van der Waals surface area contributed by atoms with E-state index in [-0.39, 0.29) is 15.6 Å². The summed E-state index contributed by atoms with van der Waals surface area (Å²) in [4.78, 5) is 46.0. The molecule has 0 fully saturated rings. The van der Waals surface area contributed by atoms with Gasteiger partial charge in [-0.25, -0.2) is 9.97 Å². The number of hydrogen-bond acceptors (Lipinski definition) is 6. The Labute approximate surface area is 245 Å². The standard InChI is InChI=1S/C30H45N5O4Si2/c1-29(2,3)41(8,9)39-17-11-15-35-18-22(21-12-10-14-31-26(21)35)24-25(28(37)33-27(24)36)23-19-34(20-32-23)16-13-30(4,5)40(6,7)38/h10,12,14,18-20,38H,11,13,15-17H2,1-9H3,(H,33,36,37). The van der Waals surface area contributed by atoms with Gasteiger partial charge in [-0.2, -0.15) is 0 Å². The van der Waals surface area contributed by atoms with Crippen LogP contribution >= 0.6 is 0 Å². The Balaban J connectivity index is 1.63. The molecule has 0 bridgehead atoms. The van der Waals surface area contributed by atoms with Crippen molar-refractivity contribution in [2.45, 2.75) is 96.8 Å². The van der Waals surface area contributed by atoms with Crippen LogP contribution in [0, 0.1) is 0 Å². The van der Waals surface area contributed by atoms with E-state index in [1.165, 1.54) is 0 Å². The van der Waals surface area contributed by atoms with Crippen LogP contribution in [0.1, 0.15) is 58.7 Å². The minimum Gasteiger partial charge on any atom is -0.432 e. The number of nitrogens with zero attached hydrogens (tertiary/aromatic N) is 4. The molecule has 0 aliphatic carbocycles. The van der Waals surface area contributed by atoms with Gasteiger partial charge in [-0.1, -0.05) is 34.6 Å². The molecule has 41 heavy (non-hydrogen) atoms. The average molecular weight is 596 g/mol. The van der Waals surface area contributed by atoms with Gasteiger partial charge in [0.05, 0.1) is 23.2 Å². The van der Waals surface area contributed by atoms with E-state index in [2.05, 4.69) is 63.0 Å². The Morgan fingerprint density at radius 1 is 0.976 bits per heavy atom. The molecule has 0 saturated carbocycles. The summed E-state index contributed by atoms with van der Waals surface area (Å²) in [6.07, 6.45) is 8.73. The van der Waals surface area contributed by atoms with Gasteiger partial charge in [-0.05, 0) is 61.2 Å². The molecule has 3 aromatic rings. The van der Waals surface area contributed by atoms with Crippen LogP contribution in [0.25, 0.3) is 22.2 Å². The van der Waals surface area contributed by atoms with Gasteiger partial charge in [-0.3, -0.25) is 14.9 Å². The predicted octanol–water partition coefficient (Wildman–Crippen LogP) is 5.58. The third kappa shape index (κ3) is 6.32. The van der Waals surface area contributed by atoms with Gasteiger partial charge < -0.3 is 18.4 Å². The van der Waals surface area contributed by atoms with Gasteiger partial charge in [0.1, 0.15) is 5.65 Å². The molecular weight excluding hydrogens is 551 g/mol. The summed E-state index contributed by atoms with van der Waals surface area (Å²) < 4.78 is 10.3. The second-order valence-corrected chi connectivity index (χ2v) is 23.1. The normalized spacial score (nSPS) is 15.4. The number of carbonyl (C=O) groups is 2. The van der Waals surface area contributed by atoms with Crippen molar-refractivity contribution >= 4 is 50.6 Å². The fourth-order valence-corrected chi connectivity index (χ4v) is 6.36. The molecule has 2 N–H and O–H groups in total. The maximum atomic E-state index is 13.2. The van der Waals surface area contributed by atoms with E-state index >= 15 is 0 Å². The number of imide groups is 1. The van der Waals surface area contributed by atoms with Crippen molar-refractivity contribution in [2.24, 2.45) is 0 Å². The highest BCUT2D eigenvalue weighted by Crippen LogP contribution is 2.40. The van der Waals surface area contributed by atoms with Crippen molar-refractivity contribution < 1.29 is 18.8 Å². The number of nitrogens with one attached hydrogen (secondary N) is 1. The second kappa shape index (κ2) is 11.1. The summed E-state index contributed by atoms with van der Waals surface area (Å²) in [6.45, 7) is 21.2. The van der Waals surface area contributed by atoms with Crippen LogP contribution in [-0.2, 0) is 27.1 Å². The van der Waals surface area contributed by atoms with Crippen LogP contribution in [0.4, 0.5) is 0 Å². The predicted molar refractivity (Wildman–Crippen MR) is 168 cm³/mol. The number of pyridine rings is 1. The van der Waals surface area contributed by atoms with E-state index in [9.17, 15) is 14.4 Å². The number of amides is 2. The van der Waals surface area contributed by atoms with E-state index in [4.69, 9.17) is 4.43 Å². The van der Waals surface area contributed by atoms with Crippen LogP contribution in [0.5, 0.6) is 0 Å². The van der Waals surface area contributed by atoms with Crippen molar-refractivity contribution in [2.75, 3.05) is 6.61 Å². The molecule has 2 amide bonds. The van der Waals surface area contributed by atoms with Crippen LogP contribution in [0.15, 0.2) is 37.1 Å². The molecule has 0 spiro atoms. The highest BCUT2D eigenvalue weighted by atomic mass is 28.4. The third-order valence-corrected chi connectivity index (χ3v) is 17.3. The highest BCUT2D eigenvalue weighted by Gasteiger charge is 2.39. The van der Waals surface area contributed by atoms with Gasteiger partial charge in [0.15, 0.2) is 16.6 Å². The number of aromatic nitrogens is 4. The average Bonchev–Trinajstić information content (AvgIpc) is 3.54. The van der Waals surface area contributed by atoms with Crippen molar-refractivity contribution in [1.82, 2.24) is 24.4 Å². The summed E-state index contributed by atoms with van der Waals surface area (Å²) in [5.41, 5.74) is 2.47. The molecule has 4 rings (SSSR count). The molecule has 222 valence electrons. The number of hydrogen-bond donors (Lipinski definition) is 2. The van der Waals surface area contributed by atoms with Crippen molar-refractivity contribution in [3.8, 4) is 0 Å². The Morgan fingerprint density at radius 2 is 1.66 bits per heavy atom. The van der Waals surface area contributed by atoms with Crippen molar-refractivity contribution in [1.29, 1.82) is 0 Å². The number of imidazole rings is 1. The maximum Gasteiger partial charge on any atom is 0.261 e. The lowest BCUT2D eigenvalue weighted by Gasteiger charge is -2.36. The quantitative estimate of drug-likeness (QED) is 0.170. The summed E-state index contributed by atoms with van der Waals surface area (Å²) >= 11 is 0. The largest absolute Gasteiger partial charge is 0.432 e. The van der Waals surface area contributed by atoms with Crippen LogP contribution in [0.3, 0.4) is 0 Å². The third-order valence-electron chi connectivity index (χ3n) is 9.19. The van der Waals surface area contributed by atoms with E-state index in [0.717, 1.165) is 23.9 Å². The minimum atomic E-state index is -2.35. The second-order valence-electron chi connectivity index (χ2n) is 13.8. The smallest absolute Gasteiger partial charge is 0.261 e. The lowest BCUT2D eigenvalue weighted by molar-refractivity contribution is -0.122. The Morgan fingerprint density at radius 3 is 2.32 bits per heavy atom. The van der Waals surface area contributed by atoms with Gasteiger partial charge >= 0.3 is 0 Å². The first-order chi connectivity index (χ1) is 18.9. The Kier molecular flexibility index (Phi) is 8.40. The number of fused-ring (bicyclic) bond motifs is 1. The lowest BCUT2D eigenvalue weighted by atomic mass is 10.00. The van der Waals surface area contributed by atoms with Crippen LogP contribution in [0.2, 0.25) is 36.3 Å². The molecule has 11 heteroatoms. The SMILES string of the molecule is CC(C)(CCn1cnc(C2=C(c3cn(CCCO[Si](C)(C)C(C)(C)C)c4ncccc34)C(=O)NC2=O)c1)[Si](C)(C)O. The Bertz CT molecular complexity index is 1490. The summed E-state index contributed by atoms with van der Waals surface area (Å²) in [5, 5.41) is 3.25. The van der Waals surface area contributed by atoms with Gasteiger partial charge in [0.25, 0.3) is 11.8 Å². The zero-order valence-corrected chi connectivity index (χ0v) is 28.0. The fourth-order valence-electron chi connectivity index (χ4n) is 4.55. The molecule has 1 aliphatic rings. The van der Waals surface area contributed by atoms with Crippen LogP contribution < -0.4 is 5.32 Å². The zero-order chi connectivity index (χ0) is 30.4. The molecule has 0 atom stereocenters. The van der Waals surface area contributed by atoms with Gasteiger partial charge in [-0.15, -0.1) is 0 Å². The molecule has 0 radical (unpaired) electrons. The molecule has 9 nitrogen and oxygen atoms in total. The van der Waals surface area contributed by atoms with Crippen molar-refractivity contribution in [3.05, 3.63) is 48.3 Å². The molecule has 4 heterocycles. The van der Waals surface area contributed by atoms with E-state index in [1.54, 1.807) is 12.5 Å². The zero-order valence-electron chi connectivity index (χ0n) is 26.0. The fraction of sp³-hybridized carbons (Fsp3) is 0.533. The molecular formula is C30H45N5O4Si2.